The number of nitrogens with zero attached hydrogens (tertiary/aromatic N) is 3. The van der Waals surface area contributed by atoms with Crippen LogP contribution in [0.15, 0.2) is 36.7 Å². The molecule has 0 unspecified atom stereocenters. The van der Waals surface area contributed by atoms with Crippen molar-refractivity contribution >= 4 is 21.8 Å². The molecule has 2 heterocycles. The van der Waals surface area contributed by atoms with Gasteiger partial charge in [0.15, 0.2) is 0 Å². The maximum atomic E-state index is 4.28. The standard InChI is InChI=1S/C10H6N3.Ir/c1-2-7-3-4-8-6-12-13-10(8)9(7)11-5-1;/h1-6H;/q-1;. The van der Waals surface area contributed by atoms with Gasteiger partial charge in [-0.05, 0) is 16.8 Å². The van der Waals surface area contributed by atoms with Crippen LogP contribution < -0.4 is 5.10 Å². The molecule has 4 heteroatoms. The van der Waals surface area contributed by atoms with Crippen LogP contribution >= 0.6 is 0 Å². The average molecular weight is 360 g/mol. The molecular weight excluding hydrogens is 354 g/mol. The first-order valence-corrected chi connectivity index (χ1v) is 4.07. The van der Waals surface area contributed by atoms with Gasteiger partial charge in [-0.3, -0.25) is 4.98 Å². The van der Waals surface area contributed by atoms with Crippen molar-refractivity contribution in [1.82, 2.24) is 15.2 Å². The molecule has 1 aromatic carbocycles. The third kappa shape index (κ3) is 1.24. The third-order valence-corrected chi connectivity index (χ3v) is 2.13. The Balaban J connectivity index is 0.000000750. The molecule has 0 spiro atoms. The summed E-state index contributed by atoms with van der Waals surface area (Å²) in [6, 6.07) is 7.99. The van der Waals surface area contributed by atoms with Crippen LogP contribution in [-0.4, -0.2) is 10.1 Å². The number of fused-ring (bicyclic) bond motifs is 3. The Morgan fingerprint density at radius 1 is 1.07 bits per heavy atom. The van der Waals surface area contributed by atoms with E-state index in [-0.39, 0.29) is 20.1 Å². The van der Waals surface area contributed by atoms with Crippen LogP contribution in [0.3, 0.4) is 0 Å². The Kier molecular flexibility index (Phi) is 2.31. The first kappa shape index (κ1) is 9.31. The molecule has 0 amide bonds. The molecule has 0 N–H and O–H groups in total. The fourth-order valence-electron chi connectivity index (χ4n) is 1.50. The van der Waals surface area contributed by atoms with Gasteiger partial charge in [-0.2, -0.15) is 0 Å². The van der Waals surface area contributed by atoms with Gasteiger partial charge in [0.1, 0.15) is 0 Å². The van der Waals surface area contributed by atoms with Crippen LogP contribution in [0.5, 0.6) is 0 Å². The summed E-state index contributed by atoms with van der Waals surface area (Å²) in [6.07, 6.45) is 3.53. The van der Waals surface area contributed by atoms with E-state index in [0.29, 0.717) is 0 Å². The van der Waals surface area contributed by atoms with Gasteiger partial charge < -0.3 is 10.2 Å². The van der Waals surface area contributed by atoms with E-state index in [4.69, 9.17) is 0 Å². The number of hydrogen-bond donors (Lipinski definition) is 0. The zero-order valence-corrected chi connectivity index (χ0v) is 9.53. The summed E-state index contributed by atoms with van der Waals surface area (Å²) in [4.78, 5) is 4.28. The molecule has 0 aliphatic carbocycles. The van der Waals surface area contributed by atoms with Crippen molar-refractivity contribution in [1.29, 1.82) is 0 Å². The molecule has 0 aliphatic rings. The molecule has 0 aliphatic heterocycles. The average Bonchev–Trinajstić information content (AvgIpc) is 2.65. The Labute approximate surface area is 93.9 Å². The van der Waals surface area contributed by atoms with E-state index in [1.54, 1.807) is 12.4 Å². The molecule has 0 saturated carbocycles. The van der Waals surface area contributed by atoms with Gasteiger partial charge in [-0.15, -0.1) is 0 Å². The molecule has 3 nitrogen and oxygen atoms in total. The summed E-state index contributed by atoms with van der Waals surface area (Å²) < 4.78 is 0. The van der Waals surface area contributed by atoms with Crippen LogP contribution in [-0.2, 0) is 20.1 Å². The predicted molar refractivity (Wildman–Crippen MR) is 50.4 cm³/mol. The van der Waals surface area contributed by atoms with Gasteiger partial charge in [0.2, 0.25) is 0 Å². The Morgan fingerprint density at radius 3 is 2.86 bits per heavy atom. The van der Waals surface area contributed by atoms with E-state index in [1.807, 2.05) is 24.3 Å². The number of aromatic nitrogens is 3. The van der Waals surface area contributed by atoms with Crippen molar-refractivity contribution in [3.63, 3.8) is 0 Å². The van der Waals surface area contributed by atoms with Crippen LogP contribution in [0.4, 0.5) is 0 Å². The topological polar surface area (TPSA) is 39.9 Å². The van der Waals surface area contributed by atoms with Crippen LogP contribution in [0.1, 0.15) is 0 Å². The number of rotatable bonds is 0. The molecule has 71 valence electrons. The number of hydrogen-bond acceptors (Lipinski definition) is 2. The normalized spacial score (nSPS) is 10.3. The summed E-state index contributed by atoms with van der Waals surface area (Å²) in [5.74, 6) is 0. The Morgan fingerprint density at radius 2 is 1.93 bits per heavy atom. The first-order chi connectivity index (χ1) is 6.45. The summed E-state index contributed by atoms with van der Waals surface area (Å²) in [5, 5.41) is 10.1. The minimum Gasteiger partial charge on any atom is -0.573 e. The van der Waals surface area contributed by atoms with Crippen molar-refractivity contribution in [2.24, 2.45) is 0 Å². The second-order valence-corrected chi connectivity index (χ2v) is 2.92. The summed E-state index contributed by atoms with van der Waals surface area (Å²) in [6.45, 7) is 0. The molecule has 14 heavy (non-hydrogen) atoms. The SMILES string of the molecule is [Ir].c1cnc2c(c1)ccc1cn[n-]c12. The second kappa shape index (κ2) is 3.48. The zero-order valence-electron chi connectivity index (χ0n) is 7.14. The van der Waals surface area contributed by atoms with Crippen LogP contribution in [0.25, 0.3) is 21.8 Å². The summed E-state index contributed by atoms with van der Waals surface area (Å²) in [7, 11) is 0. The maximum Gasteiger partial charge on any atom is 0.0572 e. The Hall–Kier alpha value is -1.25. The van der Waals surface area contributed by atoms with E-state index >= 15 is 0 Å². The molecule has 3 aromatic rings. The van der Waals surface area contributed by atoms with Crippen LogP contribution in [0.2, 0.25) is 0 Å². The number of pyridine rings is 1. The number of benzene rings is 1. The fraction of sp³-hybridized carbons (Fsp3) is 0. The van der Waals surface area contributed by atoms with Crippen molar-refractivity contribution < 1.29 is 20.1 Å². The largest absolute Gasteiger partial charge is 0.573 e. The van der Waals surface area contributed by atoms with Gasteiger partial charge in [-0.1, -0.05) is 23.7 Å². The zero-order chi connectivity index (χ0) is 8.67. The molecule has 0 atom stereocenters. The third-order valence-electron chi connectivity index (χ3n) is 2.13. The summed E-state index contributed by atoms with van der Waals surface area (Å²) >= 11 is 0. The molecule has 3 rings (SSSR count). The van der Waals surface area contributed by atoms with E-state index < -0.39 is 0 Å². The van der Waals surface area contributed by atoms with Gasteiger partial charge in [0, 0.05) is 32.5 Å². The van der Waals surface area contributed by atoms with E-state index in [1.165, 1.54) is 0 Å². The minimum absolute atomic E-state index is 0. The van der Waals surface area contributed by atoms with Crippen molar-refractivity contribution in [2.45, 2.75) is 0 Å². The quantitative estimate of drug-likeness (QED) is 0.613. The van der Waals surface area contributed by atoms with E-state index in [2.05, 4.69) is 15.2 Å². The van der Waals surface area contributed by atoms with E-state index in [0.717, 1.165) is 21.8 Å². The predicted octanol–water partition coefficient (Wildman–Crippen LogP) is 1.74. The molecule has 2 aromatic heterocycles. The van der Waals surface area contributed by atoms with Crippen LogP contribution in [0, 0.1) is 0 Å². The fourth-order valence-corrected chi connectivity index (χ4v) is 1.50. The second-order valence-electron chi connectivity index (χ2n) is 2.92. The summed E-state index contributed by atoms with van der Waals surface area (Å²) in [5.41, 5.74) is 1.82. The van der Waals surface area contributed by atoms with E-state index in [9.17, 15) is 0 Å². The van der Waals surface area contributed by atoms with Gasteiger partial charge >= 0.3 is 0 Å². The smallest absolute Gasteiger partial charge is 0.0572 e. The molecular formula is C10H6IrN3-. The van der Waals surface area contributed by atoms with Crippen molar-refractivity contribution in [2.75, 3.05) is 0 Å². The van der Waals surface area contributed by atoms with Crippen molar-refractivity contribution in [3.8, 4) is 0 Å². The van der Waals surface area contributed by atoms with Gasteiger partial charge in [0.05, 0.1) is 5.52 Å². The van der Waals surface area contributed by atoms with Gasteiger partial charge in [-0.25, -0.2) is 0 Å². The molecule has 0 saturated heterocycles. The maximum absolute atomic E-state index is 4.28. The molecule has 1 radical (unpaired) electrons. The molecule has 0 fully saturated rings. The van der Waals surface area contributed by atoms with Gasteiger partial charge in [0.25, 0.3) is 0 Å². The first-order valence-electron chi connectivity index (χ1n) is 4.07. The Bertz CT molecular complexity index is 573. The monoisotopic (exact) mass is 361 g/mol. The molecule has 0 bridgehead atoms. The van der Waals surface area contributed by atoms with Crippen molar-refractivity contribution in [3.05, 3.63) is 36.7 Å². The minimum atomic E-state index is 0.